The maximum atomic E-state index is 4.45. The van der Waals surface area contributed by atoms with Crippen molar-refractivity contribution in [1.29, 1.82) is 0 Å². The van der Waals surface area contributed by atoms with E-state index in [-0.39, 0.29) is 6.04 Å². The van der Waals surface area contributed by atoms with E-state index in [0.29, 0.717) is 0 Å². The molecule has 1 unspecified atom stereocenters. The van der Waals surface area contributed by atoms with Crippen molar-refractivity contribution < 1.29 is 0 Å². The second kappa shape index (κ2) is 5.37. The summed E-state index contributed by atoms with van der Waals surface area (Å²) in [5, 5.41) is 7.36. The molecule has 0 spiro atoms. The van der Waals surface area contributed by atoms with Crippen molar-refractivity contribution >= 4 is 11.5 Å². The highest BCUT2D eigenvalue weighted by Crippen LogP contribution is 2.25. The lowest BCUT2D eigenvalue weighted by Gasteiger charge is -2.16. The Morgan fingerprint density at radius 3 is 2.94 bits per heavy atom. The van der Waals surface area contributed by atoms with Gasteiger partial charge in [0.1, 0.15) is 11.9 Å². The Kier molecular flexibility index (Phi) is 3.86. The van der Waals surface area contributed by atoms with Gasteiger partial charge in [0.15, 0.2) is 0 Å². The normalized spacial score (nSPS) is 12.9. The number of aromatic nitrogens is 4. The summed E-state index contributed by atoms with van der Waals surface area (Å²) in [4.78, 5) is 5.59. The van der Waals surface area contributed by atoms with Crippen molar-refractivity contribution in [3.8, 4) is 0 Å². The molecule has 1 atom stereocenters. The molecule has 0 aliphatic heterocycles. The first kappa shape index (κ1) is 12.2. The molecule has 1 N–H and O–H groups in total. The lowest BCUT2D eigenvalue weighted by atomic mass is 10.2. The monoisotopic (exact) mass is 251 g/mol. The summed E-state index contributed by atoms with van der Waals surface area (Å²) < 4.78 is 6.17. The molecule has 2 heterocycles. The van der Waals surface area contributed by atoms with E-state index >= 15 is 0 Å². The number of hydrogen-bond acceptors (Lipinski definition) is 5. The Bertz CT molecular complexity index is 476. The van der Waals surface area contributed by atoms with Gasteiger partial charge in [-0.15, -0.1) is 5.10 Å². The average Bonchev–Trinajstić information content (AvgIpc) is 2.92. The first-order valence-corrected chi connectivity index (χ1v) is 6.52. The lowest BCUT2D eigenvalue weighted by Crippen LogP contribution is -2.22. The fourth-order valence-corrected chi connectivity index (χ4v) is 2.64. The van der Waals surface area contributed by atoms with Gasteiger partial charge in [-0.25, -0.2) is 4.98 Å². The van der Waals surface area contributed by atoms with Gasteiger partial charge in [0.2, 0.25) is 0 Å². The lowest BCUT2D eigenvalue weighted by molar-refractivity contribution is 0.571. The molecule has 0 aliphatic carbocycles. The summed E-state index contributed by atoms with van der Waals surface area (Å²) in [6, 6.07) is 0.0801. The maximum absolute atomic E-state index is 4.45. The van der Waals surface area contributed by atoms with E-state index in [4.69, 9.17) is 0 Å². The Hall–Kier alpha value is -1.27. The van der Waals surface area contributed by atoms with Gasteiger partial charge < -0.3 is 9.88 Å². The topological polar surface area (TPSA) is 55.6 Å². The predicted octanol–water partition coefficient (Wildman–Crippen LogP) is 1.76. The minimum atomic E-state index is 0.0801. The van der Waals surface area contributed by atoms with Crippen LogP contribution < -0.4 is 5.32 Å². The quantitative estimate of drug-likeness (QED) is 0.880. The average molecular weight is 251 g/mol. The van der Waals surface area contributed by atoms with Gasteiger partial charge in [0, 0.05) is 18.9 Å². The van der Waals surface area contributed by atoms with E-state index in [2.05, 4.69) is 31.4 Å². The molecule has 2 rings (SSSR count). The summed E-state index contributed by atoms with van der Waals surface area (Å²) >= 11 is 1.43. The predicted molar refractivity (Wildman–Crippen MR) is 68.1 cm³/mol. The molecule has 6 heteroatoms. The molecule has 0 aromatic carbocycles. The van der Waals surface area contributed by atoms with Gasteiger partial charge >= 0.3 is 0 Å². The van der Waals surface area contributed by atoms with E-state index in [1.54, 1.807) is 0 Å². The molecule has 2 aromatic heterocycles. The summed E-state index contributed by atoms with van der Waals surface area (Å²) in [7, 11) is 1.94. The largest absolute Gasteiger partial charge is 0.333 e. The van der Waals surface area contributed by atoms with E-state index < -0.39 is 0 Å². The molecule has 0 amide bonds. The summed E-state index contributed by atoms with van der Waals surface area (Å²) in [6.45, 7) is 5.13. The van der Waals surface area contributed by atoms with Crippen molar-refractivity contribution in [3.63, 3.8) is 0 Å². The van der Waals surface area contributed by atoms with Crippen molar-refractivity contribution in [3.05, 3.63) is 28.8 Å². The molecule has 0 aliphatic rings. The van der Waals surface area contributed by atoms with Crippen molar-refractivity contribution in [1.82, 2.24) is 24.5 Å². The van der Waals surface area contributed by atoms with Gasteiger partial charge in [0.25, 0.3) is 0 Å². The van der Waals surface area contributed by atoms with Crippen LogP contribution in [-0.4, -0.2) is 26.2 Å². The third-order valence-corrected chi connectivity index (χ3v) is 3.60. The highest BCUT2D eigenvalue weighted by molar-refractivity contribution is 7.05. The Morgan fingerprint density at radius 2 is 2.35 bits per heavy atom. The van der Waals surface area contributed by atoms with Crippen molar-refractivity contribution in [2.24, 2.45) is 0 Å². The Morgan fingerprint density at radius 1 is 1.53 bits per heavy atom. The van der Waals surface area contributed by atoms with E-state index in [1.165, 1.54) is 11.5 Å². The first-order valence-electron chi connectivity index (χ1n) is 5.75. The van der Waals surface area contributed by atoms with Gasteiger partial charge in [0.05, 0.1) is 10.6 Å². The van der Waals surface area contributed by atoms with Crippen molar-refractivity contribution in [2.75, 3.05) is 7.05 Å². The molecule has 5 nitrogen and oxygen atoms in total. The van der Waals surface area contributed by atoms with Crippen LogP contribution in [0.3, 0.4) is 0 Å². The third-order valence-electron chi connectivity index (χ3n) is 2.71. The third kappa shape index (κ3) is 2.37. The van der Waals surface area contributed by atoms with Crippen LogP contribution in [0, 0.1) is 6.92 Å². The second-order valence-electron chi connectivity index (χ2n) is 3.92. The van der Waals surface area contributed by atoms with E-state index in [9.17, 15) is 0 Å². The second-order valence-corrected chi connectivity index (χ2v) is 4.71. The number of hydrogen-bond donors (Lipinski definition) is 1. The molecule has 0 radical (unpaired) electrons. The minimum absolute atomic E-state index is 0.0801. The number of aryl methyl sites for hydroxylation is 2. The van der Waals surface area contributed by atoms with Gasteiger partial charge in [-0.05, 0) is 31.9 Å². The molecule has 92 valence electrons. The number of rotatable bonds is 5. The van der Waals surface area contributed by atoms with Crippen LogP contribution in [-0.2, 0) is 6.54 Å². The van der Waals surface area contributed by atoms with Crippen molar-refractivity contribution in [2.45, 2.75) is 32.9 Å². The molecule has 0 saturated heterocycles. The van der Waals surface area contributed by atoms with Gasteiger partial charge in [-0.2, -0.15) is 0 Å². The molecule has 0 fully saturated rings. The van der Waals surface area contributed by atoms with E-state index in [0.717, 1.165) is 29.4 Å². The fraction of sp³-hybridized carbons (Fsp3) is 0.545. The van der Waals surface area contributed by atoms with Gasteiger partial charge in [-0.3, -0.25) is 0 Å². The molecular weight excluding hydrogens is 234 g/mol. The molecule has 17 heavy (non-hydrogen) atoms. The molecule has 0 saturated carbocycles. The van der Waals surface area contributed by atoms with Crippen LogP contribution in [0.15, 0.2) is 12.4 Å². The highest BCUT2D eigenvalue weighted by atomic mass is 32.1. The van der Waals surface area contributed by atoms with E-state index in [1.807, 2.05) is 26.4 Å². The summed E-state index contributed by atoms with van der Waals surface area (Å²) in [6.07, 6.45) is 4.96. The molecular formula is C11H17N5S. The number of nitrogens with one attached hydrogen (secondary N) is 1. The molecule has 0 bridgehead atoms. The SMILES string of the molecule is CCCn1ccnc1C(NC)c1snnc1C. The van der Waals surface area contributed by atoms with Crippen LogP contribution in [0.2, 0.25) is 0 Å². The first-order chi connectivity index (χ1) is 8.27. The standard InChI is InChI=1S/C11H17N5S/c1-4-6-16-7-5-13-11(16)9(12-3)10-8(2)14-15-17-10/h5,7,9,12H,4,6H2,1-3H3. The fourth-order valence-electron chi connectivity index (χ4n) is 1.89. The smallest absolute Gasteiger partial charge is 0.131 e. The van der Waals surface area contributed by atoms with Crippen LogP contribution >= 0.6 is 11.5 Å². The van der Waals surface area contributed by atoms with Crippen LogP contribution in [0.1, 0.15) is 35.8 Å². The number of imidazole rings is 1. The Balaban J connectivity index is 2.35. The van der Waals surface area contributed by atoms with Crippen LogP contribution in [0.4, 0.5) is 0 Å². The summed E-state index contributed by atoms with van der Waals surface area (Å²) in [5.41, 5.74) is 0.973. The number of nitrogens with zero attached hydrogens (tertiary/aromatic N) is 4. The Labute approximate surface area is 105 Å². The van der Waals surface area contributed by atoms with Crippen LogP contribution in [0.25, 0.3) is 0 Å². The minimum Gasteiger partial charge on any atom is -0.333 e. The molecule has 2 aromatic rings. The zero-order valence-electron chi connectivity index (χ0n) is 10.3. The van der Waals surface area contributed by atoms with Crippen LogP contribution in [0.5, 0.6) is 0 Å². The zero-order valence-corrected chi connectivity index (χ0v) is 11.2. The maximum Gasteiger partial charge on any atom is 0.131 e. The van der Waals surface area contributed by atoms with Gasteiger partial charge in [-0.1, -0.05) is 11.4 Å². The zero-order chi connectivity index (χ0) is 12.3. The summed E-state index contributed by atoms with van der Waals surface area (Å²) in [5.74, 6) is 1.03. The highest BCUT2D eigenvalue weighted by Gasteiger charge is 2.21.